The van der Waals surface area contributed by atoms with Crippen molar-refractivity contribution in [3.63, 3.8) is 0 Å². The molecular weight excluding hydrogens is 354 g/mol. The van der Waals surface area contributed by atoms with E-state index in [9.17, 15) is 0 Å². The van der Waals surface area contributed by atoms with Gasteiger partial charge >= 0.3 is 0 Å². The lowest BCUT2D eigenvalue weighted by Gasteiger charge is -2.09. The summed E-state index contributed by atoms with van der Waals surface area (Å²) < 4.78 is 2.52. The lowest BCUT2D eigenvalue weighted by molar-refractivity contribution is 0.791. The minimum absolute atomic E-state index is 0.561. The molecule has 0 atom stereocenters. The number of aromatic nitrogens is 4. The summed E-state index contributed by atoms with van der Waals surface area (Å²) in [6.45, 7) is 1.97. The molecule has 0 spiro atoms. The van der Waals surface area contributed by atoms with Crippen molar-refractivity contribution in [3.8, 4) is 17.1 Å². The van der Waals surface area contributed by atoms with Gasteiger partial charge in [0.05, 0.1) is 10.7 Å². The Morgan fingerprint density at radius 3 is 2.71 bits per heavy atom. The first kappa shape index (κ1) is 14.0. The van der Waals surface area contributed by atoms with E-state index >= 15 is 0 Å². The quantitative estimate of drug-likeness (QED) is 0.705. The smallest absolute Gasteiger partial charge is 0.187 e. The topological polar surface area (TPSA) is 69.6 Å². The number of hydrogen-bond donors (Lipinski definition) is 1. The minimum atomic E-state index is 0.561. The zero-order valence-electron chi connectivity index (χ0n) is 11.1. The number of nitrogen functional groups attached to an aromatic ring is 1. The fraction of sp³-hybridized carbons (Fsp3) is 0.0714. The number of nitrogens with two attached hydrogens (primary N) is 1. The van der Waals surface area contributed by atoms with E-state index in [0.717, 1.165) is 21.3 Å². The molecule has 0 fully saturated rings. The fourth-order valence-electron chi connectivity index (χ4n) is 2.11. The summed E-state index contributed by atoms with van der Waals surface area (Å²) in [5.74, 6) is 0.622. The first-order valence-corrected chi connectivity index (χ1v) is 7.33. The maximum Gasteiger partial charge on any atom is 0.187 e. The molecule has 0 unspecified atom stereocenters. The van der Waals surface area contributed by atoms with Crippen molar-refractivity contribution in [2.45, 2.75) is 6.92 Å². The number of anilines is 1. The van der Waals surface area contributed by atoms with Crippen LogP contribution in [0, 0.1) is 6.92 Å². The van der Waals surface area contributed by atoms with Crippen LogP contribution in [0.2, 0.25) is 5.02 Å². The maximum absolute atomic E-state index is 6.28. The van der Waals surface area contributed by atoms with Crippen LogP contribution in [0.5, 0.6) is 0 Å². The van der Waals surface area contributed by atoms with E-state index in [1.54, 1.807) is 10.7 Å². The van der Waals surface area contributed by atoms with E-state index in [4.69, 9.17) is 17.3 Å². The summed E-state index contributed by atoms with van der Waals surface area (Å²) in [5.41, 5.74) is 9.12. The van der Waals surface area contributed by atoms with Crippen molar-refractivity contribution in [3.05, 3.63) is 51.5 Å². The van der Waals surface area contributed by atoms with Gasteiger partial charge in [0, 0.05) is 15.7 Å². The summed E-state index contributed by atoms with van der Waals surface area (Å²) >= 11 is 9.66. The summed E-state index contributed by atoms with van der Waals surface area (Å²) in [6.07, 6.45) is 0. The zero-order valence-corrected chi connectivity index (χ0v) is 13.4. The number of hydrogen-bond acceptors (Lipinski definition) is 4. The molecular formula is C14H11BrClN5. The maximum atomic E-state index is 6.28. The van der Waals surface area contributed by atoms with Crippen molar-refractivity contribution in [1.82, 2.24) is 20.2 Å². The van der Waals surface area contributed by atoms with Gasteiger partial charge in [-0.1, -0.05) is 27.5 Å². The Labute approximate surface area is 134 Å². The van der Waals surface area contributed by atoms with Gasteiger partial charge in [-0.15, -0.1) is 5.10 Å². The highest BCUT2D eigenvalue weighted by Crippen LogP contribution is 2.29. The van der Waals surface area contributed by atoms with Crippen LogP contribution in [0.15, 0.2) is 40.9 Å². The lowest BCUT2D eigenvalue weighted by Crippen LogP contribution is -2.02. The van der Waals surface area contributed by atoms with Gasteiger partial charge in [0.2, 0.25) is 0 Å². The predicted molar refractivity (Wildman–Crippen MR) is 86.4 cm³/mol. The zero-order chi connectivity index (χ0) is 15.0. The predicted octanol–water partition coefficient (Wildman–Crippen LogP) is 3.64. The van der Waals surface area contributed by atoms with Gasteiger partial charge in [-0.25, -0.2) is 0 Å². The molecule has 0 aliphatic rings. The molecule has 106 valence electrons. The van der Waals surface area contributed by atoms with Crippen LogP contribution in [0.4, 0.5) is 5.69 Å². The monoisotopic (exact) mass is 363 g/mol. The molecule has 0 aliphatic carbocycles. The van der Waals surface area contributed by atoms with Gasteiger partial charge in [-0.2, -0.15) is 4.68 Å². The van der Waals surface area contributed by atoms with Gasteiger partial charge in [-0.3, -0.25) is 0 Å². The minimum Gasteiger partial charge on any atom is -0.399 e. The van der Waals surface area contributed by atoms with E-state index in [0.29, 0.717) is 16.5 Å². The summed E-state index contributed by atoms with van der Waals surface area (Å²) in [6, 6.07) is 11.2. The van der Waals surface area contributed by atoms with Crippen molar-refractivity contribution in [1.29, 1.82) is 0 Å². The standard InChI is InChI=1S/C14H11BrClN5/c1-8-6-10(17)3-4-11(8)14-18-19-20-21(14)13-5-2-9(15)7-12(13)16/h2-7H,17H2,1H3. The fourth-order valence-corrected chi connectivity index (χ4v) is 2.86. The number of benzene rings is 2. The molecule has 0 radical (unpaired) electrons. The van der Waals surface area contributed by atoms with Crippen LogP contribution in [0.1, 0.15) is 5.56 Å². The van der Waals surface area contributed by atoms with Crippen molar-refractivity contribution in [2.75, 3.05) is 5.73 Å². The van der Waals surface area contributed by atoms with Crippen molar-refractivity contribution in [2.24, 2.45) is 0 Å². The molecule has 2 N–H and O–H groups in total. The first-order chi connectivity index (χ1) is 10.1. The second-order valence-electron chi connectivity index (χ2n) is 4.58. The number of rotatable bonds is 2. The Morgan fingerprint density at radius 2 is 2.00 bits per heavy atom. The Bertz CT molecular complexity index is 749. The third-order valence-corrected chi connectivity index (χ3v) is 3.89. The summed E-state index contributed by atoms with van der Waals surface area (Å²) in [4.78, 5) is 0. The molecule has 0 bridgehead atoms. The number of nitrogens with zero attached hydrogens (tertiary/aromatic N) is 4. The molecule has 21 heavy (non-hydrogen) atoms. The van der Waals surface area contributed by atoms with E-state index < -0.39 is 0 Å². The van der Waals surface area contributed by atoms with Crippen LogP contribution in [0.3, 0.4) is 0 Å². The second kappa shape index (κ2) is 5.46. The van der Waals surface area contributed by atoms with Crippen molar-refractivity contribution < 1.29 is 0 Å². The summed E-state index contributed by atoms with van der Waals surface area (Å²) in [5, 5.41) is 12.5. The van der Waals surface area contributed by atoms with E-state index in [1.807, 2.05) is 37.3 Å². The van der Waals surface area contributed by atoms with Gasteiger partial charge in [-0.05, 0) is 59.3 Å². The molecule has 5 nitrogen and oxygen atoms in total. The lowest BCUT2D eigenvalue weighted by atomic mass is 10.1. The average molecular weight is 365 g/mol. The molecule has 2 aromatic carbocycles. The van der Waals surface area contributed by atoms with E-state index in [1.165, 1.54) is 0 Å². The van der Waals surface area contributed by atoms with Crippen LogP contribution in [-0.4, -0.2) is 20.2 Å². The molecule has 3 rings (SSSR count). The largest absolute Gasteiger partial charge is 0.399 e. The Balaban J connectivity index is 2.17. The molecule has 0 saturated heterocycles. The van der Waals surface area contributed by atoms with Crippen LogP contribution in [-0.2, 0) is 0 Å². The third-order valence-electron chi connectivity index (χ3n) is 3.10. The molecule has 3 aromatic rings. The Hall–Kier alpha value is -1.92. The number of tetrazole rings is 1. The normalized spacial score (nSPS) is 10.8. The van der Waals surface area contributed by atoms with E-state index in [-0.39, 0.29) is 0 Å². The van der Waals surface area contributed by atoms with Gasteiger partial charge in [0.15, 0.2) is 5.82 Å². The van der Waals surface area contributed by atoms with Gasteiger partial charge in [0.1, 0.15) is 0 Å². The number of halogens is 2. The molecule has 0 amide bonds. The average Bonchev–Trinajstić information content (AvgIpc) is 2.87. The highest BCUT2D eigenvalue weighted by molar-refractivity contribution is 9.10. The first-order valence-electron chi connectivity index (χ1n) is 6.16. The Morgan fingerprint density at radius 1 is 1.19 bits per heavy atom. The summed E-state index contributed by atoms with van der Waals surface area (Å²) in [7, 11) is 0. The SMILES string of the molecule is Cc1cc(N)ccc1-c1nnnn1-c1ccc(Br)cc1Cl. The Kier molecular flexibility index (Phi) is 3.65. The second-order valence-corrected chi connectivity index (χ2v) is 5.91. The van der Waals surface area contributed by atoms with E-state index in [2.05, 4.69) is 31.5 Å². The molecule has 0 saturated carbocycles. The molecule has 7 heteroatoms. The molecule has 0 aliphatic heterocycles. The van der Waals surface area contributed by atoms with Crippen molar-refractivity contribution >= 4 is 33.2 Å². The van der Waals surface area contributed by atoms with Gasteiger partial charge in [0.25, 0.3) is 0 Å². The molecule has 1 heterocycles. The van der Waals surface area contributed by atoms with Crippen LogP contribution >= 0.6 is 27.5 Å². The van der Waals surface area contributed by atoms with Crippen LogP contribution < -0.4 is 5.73 Å². The third kappa shape index (κ3) is 2.64. The number of aryl methyl sites for hydroxylation is 1. The van der Waals surface area contributed by atoms with Crippen LogP contribution in [0.25, 0.3) is 17.1 Å². The molecule has 1 aromatic heterocycles. The van der Waals surface area contributed by atoms with Gasteiger partial charge < -0.3 is 5.73 Å². The highest BCUT2D eigenvalue weighted by Gasteiger charge is 2.15. The highest BCUT2D eigenvalue weighted by atomic mass is 79.9.